The highest BCUT2D eigenvalue weighted by molar-refractivity contribution is 9.10. The molecule has 0 radical (unpaired) electrons. The molecule has 1 saturated heterocycles. The van der Waals surface area contributed by atoms with Crippen LogP contribution in [0.25, 0.3) is 16.7 Å². The van der Waals surface area contributed by atoms with E-state index in [2.05, 4.69) is 66.8 Å². The average Bonchev–Trinajstić information content (AvgIpc) is 3.52. The zero-order chi connectivity index (χ0) is 32.2. The molecular weight excluding hydrogens is 658 g/mol. The van der Waals surface area contributed by atoms with E-state index in [1.54, 1.807) is 10.7 Å². The summed E-state index contributed by atoms with van der Waals surface area (Å²) in [5.74, 6) is 2.01. The number of fused-ring (bicyclic) bond motifs is 2. The summed E-state index contributed by atoms with van der Waals surface area (Å²) in [6, 6.07) is 7.26. The minimum atomic E-state index is -1.24. The first-order valence-corrected chi connectivity index (χ1v) is 19.9. The van der Waals surface area contributed by atoms with Crippen molar-refractivity contribution in [1.82, 2.24) is 34.4 Å². The summed E-state index contributed by atoms with van der Waals surface area (Å²) in [5.41, 5.74) is 3.06. The van der Waals surface area contributed by atoms with Crippen molar-refractivity contribution >= 4 is 58.7 Å². The van der Waals surface area contributed by atoms with Crippen molar-refractivity contribution in [2.75, 3.05) is 49.7 Å². The average molecular weight is 703 g/mol. The first kappa shape index (κ1) is 33.1. The second-order valence-electron chi connectivity index (χ2n) is 13.3. The molecule has 15 heteroatoms. The Balaban J connectivity index is 1.37. The molecule has 1 aliphatic rings. The summed E-state index contributed by atoms with van der Waals surface area (Å²) in [6.45, 7) is 17.2. The molecule has 1 amide bonds. The predicted molar refractivity (Wildman–Crippen MR) is 181 cm³/mol. The number of anilines is 2. The van der Waals surface area contributed by atoms with Crippen LogP contribution in [-0.2, 0) is 33.9 Å². The third-order valence-electron chi connectivity index (χ3n) is 7.20. The lowest BCUT2D eigenvalue weighted by Crippen LogP contribution is -2.37. The van der Waals surface area contributed by atoms with E-state index in [9.17, 15) is 4.79 Å². The van der Waals surface area contributed by atoms with Gasteiger partial charge in [0.1, 0.15) is 18.2 Å². The molecule has 0 atom stereocenters. The first-order valence-electron chi connectivity index (χ1n) is 15.4. The van der Waals surface area contributed by atoms with Crippen molar-refractivity contribution in [2.45, 2.75) is 71.8 Å². The van der Waals surface area contributed by atoms with Gasteiger partial charge >= 0.3 is 6.09 Å². The molecule has 45 heavy (non-hydrogen) atoms. The van der Waals surface area contributed by atoms with Gasteiger partial charge in [0.15, 0.2) is 5.65 Å². The van der Waals surface area contributed by atoms with Crippen LogP contribution in [0.1, 0.15) is 32.2 Å². The number of carbonyl (C=O) groups excluding carboxylic acids is 1. The lowest BCUT2D eigenvalue weighted by atomic mass is 10.1. The lowest BCUT2D eigenvalue weighted by Gasteiger charge is -2.27. The van der Waals surface area contributed by atoms with Gasteiger partial charge in [0.25, 0.3) is 0 Å². The number of rotatable bonds is 12. The number of nitrogens with one attached hydrogen (secondary N) is 2. The SMILES string of the molecule is CC(C)(C)OC(=O)NCCc1ccc2nc(CNc3nc(N4CCOCC4)nc4c(Br)cnn34)n(COCC[Si](C)(C)C)c2c1. The number of hydrogen-bond donors (Lipinski definition) is 2. The number of halogens is 1. The van der Waals surface area contributed by atoms with Crippen LogP contribution in [-0.4, -0.2) is 88.4 Å². The summed E-state index contributed by atoms with van der Waals surface area (Å²) in [6.07, 6.45) is 1.96. The maximum absolute atomic E-state index is 12.1. The van der Waals surface area contributed by atoms with Crippen LogP contribution >= 0.6 is 15.9 Å². The Labute approximate surface area is 273 Å². The van der Waals surface area contributed by atoms with Crippen molar-refractivity contribution in [1.29, 1.82) is 0 Å². The van der Waals surface area contributed by atoms with Gasteiger partial charge in [-0.2, -0.15) is 19.6 Å². The molecule has 4 heterocycles. The van der Waals surface area contributed by atoms with Crippen molar-refractivity contribution < 1.29 is 19.0 Å². The number of alkyl carbamates (subject to hydrolysis) is 1. The minimum Gasteiger partial charge on any atom is -0.444 e. The number of hydrogen-bond acceptors (Lipinski definition) is 10. The van der Waals surface area contributed by atoms with E-state index in [1.165, 1.54) is 0 Å². The van der Waals surface area contributed by atoms with Crippen LogP contribution in [0.4, 0.5) is 16.7 Å². The van der Waals surface area contributed by atoms with Gasteiger partial charge in [-0.1, -0.05) is 25.7 Å². The number of amides is 1. The molecular formula is C30H44BrN9O4Si. The normalized spacial score (nSPS) is 14.3. The fraction of sp³-hybridized carbons (Fsp3) is 0.567. The van der Waals surface area contributed by atoms with Crippen LogP contribution in [0.15, 0.2) is 28.9 Å². The van der Waals surface area contributed by atoms with Gasteiger partial charge in [-0.25, -0.2) is 9.78 Å². The Morgan fingerprint density at radius 1 is 1.13 bits per heavy atom. The van der Waals surface area contributed by atoms with Gasteiger partial charge in [0, 0.05) is 34.3 Å². The van der Waals surface area contributed by atoms with Crippen LogP contribution in [0.5, 0.6) is 0 Å². The maximum atomic E-state index is 12.1. The van der Waals surface area contributed by atoms with Crippen molar-refractivity contribution in [2.24, 2.45) is 0 Å². The predicted octanol–water partition coefficient (Wildman–Crippen LogP) is 5.06. The Morgan fingerprint density at radius 3 is 2.64 bits per heavy atom. The second kappa shape index (κ2) is 14.0. The summed E-state index contributed by atoms with van der Waals surface area (Å²) < 4.78 is 21.7. The van der Waals surface area contributed by atoms with Crippen LogP contribution in [0.2, 0.25) is 25.7 Å². The first-order chi connectivity index (χ1) is 21.4. The van der Waals surface area contributed by atoms with E-state index < -0.39 is 19.8 Å². The summed E-state index contributed by atoms with van der Waals surface area (Å²) >= 11 is 3.58. The van der Waals surface area contributed by atoms with Gasteiger partial charge in [0.2, 0.25) is 11.9 Å². The molecule has 0 aliphatic carbocycles. The Kier molecular flexibility index (Phi) is 10.3. The molecule has 2 N–H and O–H groups in total. The quantitative estimate of drug-likeness (QED) is 0.152. The Bertz CT molecular complexity index is 1620. The molecule has 1 aromatic carbocycles. The summed E-state index contributed by atoms with van der Waals surface area (Å²) in [5, 5.41) is 10.8. The zero-order valence-corrected chi connectivity index (χ0v) is 29.6. The number of imidazole rings is 1. The van der Waals surface area contributed by atoms with E-state index in [-0.39, 0.29) is 0 Å². The van der Waals surface area contributed by atoms with Crippen molar-refractivity contribution in [3.63, 3.8) is 0 Å². The van der Waals surface area contributed by atoms with Gasteiger partial charge in [0.05, 0.1) is 41.5 Å². The highest BCUT2D eigenvalue weighted by Crippen LogP contribution is 2.24. The fourth-order valence-electron chi connectivity index (χ4n) is 4.83. The zero-order valence-electron chi connectivity index (χ0n) is 27.0. The molecule has 5 rings (SSSR count). The topological polar surface area (TPSA) is 133 Å². The Hall–Kier alpha value is -3.27. The van der Waals surface area contributed by atoms with E-state index in [1.807, 2.05) is 32.9 Å². The van der Waals surface area contributed by atoms with E-state index >= 15 is 0 Å². The van der Waals surface area contributed by atoms with Gasteiger partial charge < -0.3 is 34.3 Å². The molecule has 3 aromatic heterocycles. The molecule has 0 spiro atoms. The smallest absolute Gasteiger partial charge is 0.407 e. The van der Waals surface area contributed by atoms with E-state index in [4.69, 9.17) is 29.2 Å². The fourth-order valence-corrected chi connectivity index (χ4v) is 5.93. The summed E-state index contributed by atoms with van der Waals surface area (Å²) in [7, 11) is -1.24. The van der Waals surface area contributed by atoms with Crippen molar-refractivity contribution in [3.8, 4) is 0 Å². The molecule has 1 aliphatic heterocycles. The van der Waals surface area contributed by atoms with Crippen molar-refractivity contribution in [3.05, 3.63) is 40.3 Å². The lowest BCUT2D eigenvalue weighted by molar-refractivity contribution is 0.0528. The number of nitrogens with zero attached hydrogens (tertiary/aromatic N) is 7. The standard InChI is InChI=1S/C30H44BrN9O4Si/c1-30(2,3)44-29(41)32-10-9-21-7-8-23-24(17-21)39(20-43-15-16-45(4,5)6)25(35-23)19-33-27-37-28(38-11-13-42-14-12-38)36-26-22(31)18-34-40(26)27/h7-8,17-18H,9-16,19-20H2,1-6H3,(H,32,41)(H,33,36,37). The number of ether oxygens (including phenoxy) is 3. The number of morpholine rings is 1. The van der Waals surface area contributed by atoms with Crippen LogP contribution in [0.3, 0.4) is 0 Å². The minimum absolute atomic E-state index is 0.378. The van der Waals surface area contributed by atoms with Gasteiger partial charge in [-0.3, -0.25) is 0 Å². The largest absolute Gasteiger partial charge is 0.444 e. The molecule has 244 valence electrons. The molecule has 1 fully saturated rings. The molecule has 0 bridgehead atoms. The summed E-state index contributed by atoms with van der Waals surface area (Å²) in [4.78, 5) is 28.8. The molecule has 13 nitrogen and oxygen atoms in total. The highest BCUT2D eigenvalue weighted by atomic mass is 79.9. The van der Waals surface area contributed by atoms with Crippen LogP contribution in [0, 0.1) is 0 Å². The monoisotopic (exact) mass is 701 g/mol. The van der Waals surface area contributed by atoms with Gasteiger partial charge in [-0.05, 0) is 66.9 Å². The molecule has 0 saturated carbocycles. The second-order valence-corrected chi connectivity index (χ2v) is 19.8. The number of aromatic nitrogens is 6. The number of benzene rings is 1. The Morgan fingerprint density at radius 2 is 1.91 bits per heavy atom. The third-order valence-corrected chi connectivity index (χ3v) is 9.47. The molecule has 0 unspecified atom stereocenters. The number of carbonyl (C=O) groups is 1. The van der Waals surface area contributed by atoms with Crippen LogP contribution < -0.4 is 15.5 Å². The van der Waals surface area contributed by atoms with Gasteiger partial charge in [-0.15, -0.1) is 0 Å². The van der Waals surface area contributed by atoms with E-state index in [0.29, 0.717) is 63.6 Å². The maximum Gasteiger partial charge on any atom is 0.407 e. The molecule has 4 aromatic rings. The van der Waals surface area contributed by atoms with E-state index in [0.717, 1.165) is 46.0 Å². The highest BCUT2D eigenvalue weighted by Gasteiger charge is 2.20. The third kappa shape index (κ3) is 8.93.